The second-order valence-electron chi connectivity index (χ2n) is 11.1. The van der Waals surface area contributed by atoms with Gasteiger partial charge in [-0.05, 0) is 87.1 Å². The summed E-state index contributed by atoms with van der Waals surface area (Å²) in [4.78, 5) is 51.2. The number of sulfonamides is 1. The molecule has 11 heteroatoms. The highest BCUT2D eigenvalue weighted by Crippen LogP contribution is 2.44. The minimum absolute atomic E-state index is 0.112. The summed E-state index contributed by atoms with van der Waals surface area (Å²) in [6, 6.07) is 12.6. The van der Waals surface area contributed by atoms with Crippen molar-refractivity contribution in [3.63, 3.8) is 0 Å². The number of hydrogen-bond acceptors (Lipinski definition) is 8. The van der Waals surface area contributed by atoms with E-state index in [2.05, 4.69) is 4.72 Å². The van der Waals surface area contributed by atoms with Crippen LogP contribution in [0, 0.1) is 20.8 Å². The molecule has 2 aliphatic heterocycles. The quantitative estimate of drug-likeness (QED) is 0.243. The van der Waals surface area contributed by atoms with Crippen LogP contribution in [0.4, 0.5) is 0 Å². The fourth-order valence-electron chi connectivity index (χ4n) is 5.50. The van der Waals surface area contributed by atoms with Crippen molar-refractivity contribution in [3.05, 3.63) is 87.5 Å². The lowest BCUT2D eigenvalue weighted by atomic mass is 9.87. The first-order valence-electron chi connectivity index (χ1n) is 13.8. The lowest BCUT2D eigenvalue weighted by Gasteiger charge is -2.36. The number of esters is 1. The van der Waals surface area contributed by atoms with Crippen LogP contribution >= 0.6 is 0 Å². The Balaban J connectivity index is 1.26. The van der Waals surface area contributed by atoms with E-state index in [-0.39, 0.29) is 29.7 Å². The molecule has 0 saturated heterocycles. The van der Waals surface area contributed by atoms with Crippen molar-refractivity contribution in [1.29, 1.82) is 0 Å². The third-order valence-electron chi connectivity index (χ3n) is 8.18. The molecule has 224 valence electrons. The molecule has 0 saturated carbocycles. The number of rotatable bonds is 7. The molecule has 0 aromatic heterocycles. The van der Waals surface area contributed by atoms with Crippen LogP contribution in [0.2, 0.25) is 0 Å². The van der Waals surface area contributed by atoms with E-state index in [1.54, 1.807) is 57.2 Å². The molecule has 1 unspecified atom stereocenters. The van der Waals surface area contributed by atoms with Crippen molar-refractivity contribution in [2.24, 2.45) is 0 Å². The normalized spacial score (nSPS) is 17.7. The fraction of sp³-hybridized carbons (Fsp3) is 0.312. The monoisotopic (exact) mass is 604 g/mol. The third kappa shape index (κ3) is 5.40. The van der Waals surface area contributed by atoms with Gasteiger partial charge in [-0.1, -0.05) is 24.3 Å². The molecule has 0 bridgehead atoms. The number of carbonyl (C=O) groups excluding carboxylic acids is 4. The van der Waals surface area contributed by atoms with Crippen molar-refractivity contribution >= 4 is 33.7 Å². The number of nitrogens with zero attached hydrogens (tertiary/aromatic N) is 1. The van der Waals surface area contributed by atoms with Gasteiger partial charge >= 0.3 is 5.97 Å². The highest BCUT2D eigenvalue weighted by Gasteiger charge is 2.43. The maximum absolute atomic E-state index is 13.3. The molecule has 3 aromatic carbocycles. The number of amides is 3. The lowest BCUT2D eigenvalue weighted by Crippen LogP contribution is -2.52. The molecule has 2 aliphatic rings. The number of hydrogen-bond donors (Lipinski definition) is 1. The Morgan fingerprint density at radius 3 is 2.14 bits per heavy atom. The van der Waals surface area contributed by atoms with Crippen LogP contribution in [0.25, 0.3) is 0 Å². The molecule has 43 heavy (non-hydrogen) atoms. The van der Waals surface area contributed by atoms with Gasteiger partial charge in [0.1, 0.15) is 11.5 Å². The first kappa shape index (κ1) is 30.0. The number of imide groups is 1. The van der Waals surface area contributed by atoms with E-state index in [9.17, 15) is 27.6 Å². The maximum atomic E-state index is 13.3. The van der Waals surface area contributed by atoms with Crippen molar-refractivity contribution < 1.29 is 37.1 Å². The standard InChI is InChI=1S/C32H32N2O8S/c1-18-19(2)28-24(20(3)27(18)41-21(4)35)14-16-32(5,42-28)31(38)33-43(39,40)23-12-10-22(11-13-23)15-17-34-29(36)25-8-6-7-9-26(25)30(34)37/h6-13H,14-17H2,1-5H3,(H,33,38). The number of nitrogens with one attached hydrogen (secondary N) is 1. The Labute approximate surface area is 250 Å². The summed E-state index contributed by atoms with van der Waals surface area (Å²) in [7, 11) is -4.23. The van der Waals surface area contributed by atoms with Gasteiger partial charge in [0.2, 0.25) is 0 Å². The van der Waals surface area contributed by atoms with Gasteiger partial charge in [-0.25, -0.2) is 13.1 Å². The fourth-order valence-corrected chi connectivity index (χ4v) is 6.57. The van der Waals surface area contributed by atoms with E-state index in [1.807, 2.05) is 6.92 Å². The molecule has 3 amide bonds. The SMILES string of the molecule is CC(=O)Oc1c(C)c(C)c2c(c1C)CCC(C)(C(=O)NS(=O)(=O)c1ccc(CCN3C(=O)c4ccccc4C3=O)cc1)O2. The molecule has 0 fully saturated rings. The van der Waals surface area contributed by atoms with Gasteiger partial charge in [0.05, 0.1) is 16.0 Å². The van der Waals surface area contributed by atoms with Crippen molar-refractivity contribution in [2.75, 3.05) is 6.54 Å². The predicted octanol–water partition coefficient (Wildman–Crippen LogP) is 3.96. The highest BCUT2D eigenvalue weighted by molar-refractivity contribution is 7.90. The minimum Gasteiger partial charge on any atom is -0.477 e. The van der Waals surface area contributed by atoms with Gasteiger partial charge < -0.3 is 9.47 Å². The largest absolute Gasteiger partial charge is 0.477 e. The van der Waals surface area contributed by atoms with Crippen LogP contribution in [0.1, 0.15) is 68.8 Å². The van der Waals surface area contributed by atoms with Crippen LogP contribution in [-0.2, 0) is 32.5 Å². The van der Waals surface area contributed by atoms with Crippen LogP contribution in [0.15, 0.2) is 53.4 Å². The Morgan fingerprint density at radius 2 is 1.56 bits per heavy atom. The molecule has 2 heterocycles. The summed E-state index contributed by atoms with van der Waals surface area (Å²) in [5.41, 5.74) is 2.96. The number of benzene rings is 3. The van der Waals surface area contributed by atoms with Gasteiger partial charge in [-0.2, -0.15) is 0 Å². The second-order valence-corrected chi connectivity index (χ2v) is 12.8. The first-order chi connectivity index (χ1) is 20.2. The number of carbonyl (C=O) groups is 4. The first-order valence-corrected chi connectivity index (χ1v) is 15.3. The molecular formula is C32H32N2O8S. The molecule has 1 atom stereocenters. The molecule has 1 N–H and O–H groups in total. The Hall–Kier alpha value is -4.51. The molecule has 0 spiro atoms. The zero-order valence-electron chi connectivity index (χ0n) is 24.6. The molecule has 5 rings (SSSR count). The van der Waals surface area contributed by atoms with Gasteiger partial charge in [0.25, 0.3) is 27.7 Å². The Kier molecular flexibility index (Phi) is 7.64. The smallest absolute Gasteiger partial charge is 0.308 e. The molecule has 0 radical (unpaired) electrons. The molecule has 10 nitrogen and oxygen atoms in total. The van der Waals surface area contributed by atoms with Crippen LogP contribution in [0.5, 0.6) is 11.5 Å². The highest BCUT2D eigenvalue weighted by atomic mass is 32.2. The van der Waals surface area contributed by atoms with Crippen LogP contribution in [-0.4, -0.2) is 49.2 Å². The van der Waals surface area contributed by atoms with E-state index in [0.29, 0.717) is 46.6 Å². The summed E-state index contributed by atoms with van der Waals surface area (Å²) >= 11 is 0. The summed E-state index contributed by atoms with van der Waals surface area (Å²) in [6.45, 7) is 8.45. The van der Waals surface area contributed by atoms with Crippen molar-refractivity contribution in [2.45, 2.75) is 64.4 Å². The zero-order valence-corrected chi connectivity index (χ0v) is 25.4. The summed E-state index contributed by atoms with van der Waals surface area (Å²) in [6.07, 6.45) is 0.962. The topological polar surface area (TPSA) is 136 Å². The van der Waals surface area contributed by atoms with Crippen LogP contribution in [0.3, 0.4) is 0 Å². The van der Waals surface area contributed by atoms with Gasteiger partial charge in [-0.3, -0.25) is 24.1 Å². The van der Waals surface area contributed by atoms with Gasteiger partial charge in [0.15, 0.2) is 5.60 Å². The Bertz CT molecular complexity index is 1760. The van der Waals surface area contributed by atoms with Crippen molar-refractivity contribution in [1.82, 2.24) is 9.62 Å². The number of ether oxygens (including phenoxy) is 2. The Morgan fingerprint density at radius 1 is 0.953 bits per heavy atom. The molecular weight excluding hydrogens is 572 g/mol. The van der Waals surface area contributed by atoms with Crippen molar-refractivity contribution in [3.8, 4) is 11.5 Å². The maximum Gasteiger partial charge on any atom is 0.308 e. The van der Waals surface area contributed by atoms with E-state index in [0.717, 1.165) is 16.7 Å². The second kappa shape index (κ2) is 11.0. The third-order valence-corrected chi connectivity index (χ3v) is 9.53. The summed E-state index contributed by atoms with van der Waals surface area (Å²) in [5.74, 6) is -0.994. The molecule has 0 aliphatic carbocycles. The lowest BCUT2D eigenvalue weighted by molar-refractivity contribution is -0.135. The predicted molar refractivity (Wildman–Crippen MR) is 157 cm³/mol. The van der Waals surface area contributed by atoms with Gasteiger partial charge in [0, 0.05) is 25.5 Å². The van der Waals surface area contributed by atoms with E-state index in [4.69, 9.17) is 9.47 Å². The van der Waals surface area contributed by atoms with E-state index in [1.165, 1.54) is 24.0 Å². The molecule has 3 aromatic rings. The number of fused-ring (bicyclic) bond motifs is 2. The van der Waals surface area contributed by atoms with E-state index < -0.39 is 27.5 Å². The average Bonchev–Trinajstić information content (AvgIpc) is 3.21. The summed E-state index contributed by atoms with van der Waals surface area (Å²) in [5, 5.41) is 0. The van der Waals surface area contributed by atoms with E-state index >= 15 is 0 Å². The van der Waals surface area contributed by atoms with Crippen LogP contribution < -0.4 is 14.2 Å². The average molecular weight is 605 g/mol. The summed E-state index contributed by atoms with van der Waals surface area (Å²) < 4.78 is 40.1. The van der Waals surface area contributed by atoms with Gasteiger partial charge in [-0.15, -0.1) is 0 Å². The zero-order chi connectivity index (χ0) is 31.3. The minimum atomic E-state index is -4.23.